The molecule has 0 radical (unpaired) electrons. The third kappa shape index (κ3) is 31.0. The van der Waals surface area contributed by atoms with Crippen LogP contribution in [0.25, 0.3) is 0 Å². The highest BCUT2D eigenvalue weighted by Crippen LogP contribution is 2.43. The van der Waals surface area contributed by atoms with Crippen molar-refractivity contribution in [3.8, 4) is 0 Å². The Labute approximate surface area is 269 Å². The van der Waals surface area contributed by atoms with Crippen molar-refractivity contribution in [3.63, 3.8) is 0 Å². The van der Waals surface area contributed by atoms with Crippen LogP contribution in [0.1, 0.15) is 161 Å². The Kier molecular flexibility index (Phi) is 31.3. The molecule has 0 bridgehead atoms. The number of quaternary nitrogens is 1. The van der Waals surface area contributed by atoms with Crippen LogP contribution in [0.15, 0.2) is 0 Å². The number of phosphoric acid groups is 1. The summed E-state index contributed by atoms with van der Waals surface area (Å²) in [5, 5.41) is 0. The van der Waals surface area contributed by atoms with Crippen LogP contribution in [0.3, 0.4) is 0 Å². The van der Waals surface area contributed by atoms with Crippen molar-refractivity contribution in [2.75, 3.05) is 26.4 Å². The smallest absolute Gasteiger partial charge is 0.462 e. The van der Waals surface area contributed by atoms with Gasteiger partial charge in [-0.2, -0.15) is 12.8 Å². The summed E-state index contributed by atoms with van der Waals surface area (Å²) in [6.07, 6.45) is 25.9. The lowest BCUT2D eigenvalue weighted by molar-refractivity contribution is -0.371. The fourth-order valence-electron chi connectivity index (χ4n) is 4.91. The molecule has 0 amide bonds. The fraction of sp³-hybridized carbons (Fsp3) is 0.882. The lowest BCUT2D eigenvalue weighted by Crippen LogP contribution is -2.52. The summed E-state index contributed by atoms with van der Waals surface area (Å²) in [7, 11) is -4.32. The highest BCUT2D eigenvalue weighted by Gasteiger charge is 2.26. The maximum Gasteiger partial charge on any atom is 0.472 e. The van der Waals surface area contributed by atoms with E-state index in [4.69, 9.17) is 18.5 Å². The maximum absolute atomic E-state index is 12.5. The van der Waals surface area contributed by atoms with E-state index in [2.05, 4.69) is 19.6 Å². The van der Waals surface area contributed by atoms with Gasteiger partial charge in [-0.05, 0) is 12.8 Å². The van der Waals surface area contributed by atoms with Crippen molar-refractivity contribution in [2.24, 2.45) is 0 Å². The van der Waals surface area contributed by atoms with Gasteiger partial charge in [-0.1, -0.05) is 122 Å². The van der Waals surface area contributed by atoms with Crippen LogP contribution in [-0.2, 0) is 32.7 Å². The molecule has 0 fully saturated rings. The Morgan fingerprint density at radius 3 is 1.39 bits per heavy atom. The van der Waals surface area contributed by atoms with Gasteiger partial charge in [0.1, 0.15) is 13.2 Å². The van der Waals surface area contributed by atoms with Crippen LogP contribution in [0.4, 0.5) is 0 Å². The summed E-state index contributed by atoms with van der Waals surface area (Å²) in [4.78, 5) is 34.6. The number of ether oxygens (including phenoxy) is 2. The molecular weight excluding hydrogens is 581 g/mol. The van der Waals surface area contributed by atoms with Crippen molar-refractivity contribution in [2.45, 2.75) is 167 Å². The van der Waals surface area contributed by atoms with E-state index in [1.807, 2.05) is 0 Å². The molecule has 0 aromatic rings. The minimum Gasteiger partial charge on any atom is -0.462 e. The quantitative estimate of drug-likeness (QED) is 0.0308. The summed E-state index contributed by atoms with van der Waals surface area (Å²) >= 11 is 0. The minimum atomic E-state index is -4.32. The molecule has 0 rings (SSSR count). The number of rotatable bonds is 34. The molecule has 0 heterocycles. The topological polar surface area (TPSA) is 136 Å². The van der Waals surface area contributed by atoms with Crippen molar-refractivity contribution >= 4 is 19.8 Å². The van der Waals surface area contributed by atoms with Crippen molar-refractivity contribution in [3.05, 3.63) is 13.8 Å². The van der Waals surface area contributed by atoms with Crippen molar-refractivity contribution in [1.29, 1.82) is 0 Å². The summed E-state index contributed by atoms with van der Waals surface area (Å²) in [6, 6.07) is 0. The standard InChI is InChI=1S/C34H66NO8P/c1-3-5-7-9-11-13-15-17-18-20-22-24-26-33(36)40-30-32(31-42-44(38,39)41-29-28-35)43-34(37)27-25-23-21-19-16-14-12-10-8-6-4-2/h32H,1-31,35H2,(H,38,39)/q-2/p+1/t32-/m1/s1. The van der Waals surface area contributed by atoms with Crippen LogP contribution in [0.5, 0.6) is 0 Å². The maximum atomic E-state index is 12.5. The molecule has 262 valence electrons. The first-order valence-corrected chi connectivity index (χ1v) is 19.2. The predicted molar refractivity (Wildman–Crippen MR) is 176 cm³/mol. The number of hydrogen-bond acceptors (Lipinski definition) is 7. The zero-order valence-corrected chi connectivity index (χ0v) is 28.9. The Morgan fingerprint density at radius 1 is 0.591 bits per heavy atom. The molecular formula is C34H67NO8P-. The van der Waals surface area contributed by atoms with Gasteiger partial charge in [0.25, 0.3) is 0 Å². The SMILES string of the molecule is [CH2-]CCCCCCCCCCCCCC(=O)OC[C@H](COP(=O)(O)OCC[NH3+])OC(=O)CCCCCCCCCCCC[CH2-]. The van der Waals surface area contributed by atoms with E-state index in [9.17, 15) is 19.0 Å². The van der Waals surface area contributed by atoms with Crippen molar-refractivity contribution < 1.29 is 43.3 Å². The third-order valence-corrected chi connectivity index (χ3v) is 8.55. The van der Waals surface area contributed by atoms with Crippen LogP contribution < -0.4 is 5.73 Å². The first kappa shape index (κ1) is 43.0. The van der Waals surface area contributed by atoms with Gasteiger partial charge in [0.05, 0.1) is 13.2 Å². The summed E-state index contributed by atoms with van der Waals surface area (Å²) in [5.74, 6) is -0.819. The van der Waals surface area contributed by atoms with E-state index < -0.39 is 26.5 Å². The number of esters is 2. The molecule has 0 aliphatic heterocycles. The zero-order chi connectivity index (χ0) is 32.6. The number of carbonyl (C=O) groups excluding carboxylic acids is 2. The molecule has 0 aliphatic carbocycles. The normalized spacial score (nSPS) is 13.5. The monoisotopic (exact) mass is 648 g/mol. The van der Waals surface area contributed by atoms with E-state index in [1.54, 1.807) is 0 Å². The molecule has 1 unspecified atom stereocenters. The van der Waals surface area contributed by atoms with Gasteiger partial charge < -0.3 is 33.9 Å². The van der Waals surface area contributed by atoms with Gasteiger partial charge in [-0.3, -0.25) is 18.6 Å². The lowest BCUT2D eigenvalue weighted by Gasteiger charge is -2.19. The van der Waals surface area contributed by atoms with Gasteiger partial charge in [0.15, 0.2) is 6.10 Å². The molecule has 10 heteroatoms. The third-order valence-electron chi connectivity index (χ3n) is 7.56. The number of phosphoric ester groups is 1. The Hall–Kier alpha value is -0.990. The number of carbonyl (C=O) groups is 2. The first-order chi connectivity index (χ1) is 21.3. The fourth-order valence-corrected chi connectivity index (χ4v) is 5.70. The molecule has 9 nitrogen and oxygen atoms in total. The van der Waals surface area contributed by atoms with Crippen LogP contribution in [0, 0.1) is 13.8 Å². The van der Waals surface area contributed by atoms with E-state index >= 15 is 0 Å². The van der Waals surface area contributed by atoms with E-state index in [1.165, 1.54) is 89.9 Å². The highest BCUT2D eigenvalue weighted by atomic mass is 31.2. The summed E-state index contributed by atoms with van der Waals surface area (Å²) < 4.78 is 32.7. The number of unbranched alkanes of at least 4 members (excludes halogenated alkanes) is 21. The van der Waals surface area contributed by atoms with Crippen LogP contribution in [-0.4, -0.2) is 49.3 Å². The van der Waals surface area contributed by atoms with Gasteiger partial charge in [0, 0.05) is 12.8 Å². The van der Waals surface area contributed by atoms with E-state index in [-0.39, 0.29) is 32.0 Å². The Bertz CT molecular complexity index is 709. The molecule has 0 saturated carbocycles. The lowest BCUT2D eigenvalue weighted by atomic mass is 10.0. The molecule has 4 N–H and O–H groups in total. The first-order valence-electron chi connectivity index (χ1n) is 17.7. The molecule has 0 aliphatic rings. The van der Waals surface area contributed by atoms with Gasteiger partial charge in [-0.25, -0.2) is 4.57 Å². The molecule has 0 aromatic carbocycles. The van der Waals surface area contributed by atoms with Crippen molar-refractivity contribution in [1.82, 2.24) is 0 Å². The Morgan fingerprint density at radius 2 is 0.977 bits per heavy atom. The molecule has 0 saturated heterocycles. The van der Waals surface area contributed by atoms with Crippen LogP contribution in [0.2, 0.25) is 0 Å². The molecule has 44 heavy (non-hydrogen) atoms. The second-order valence-electron chi connectivity index (χ2n) is 11.9. The van der Waals surface area contributed by atoms with Gasteiger partial charge >= 0.3 is 19.8 Å². The van der Waals surface area contributed by atoms with Crippen LogP contribution >= 0.6 is 7.82 Å². The van der Waals surface area contributed by atoms with E-state index in [0.717, 1.165) is 51.4 Å². The predicted octanol–water partition coefficient (Wildman–Crippen LogP) is 8.24. The van der Waals surface area contributed by atoms with Gasteiger partial charge in [-0.15, -0.1) is 0 Å². The Balaban J connectivity index is 4.23. The molecule has 2 atom stereocenters. The zero-order valence-electron chi connectivity index (χ0n) is 28.0. The average molecular weight is 649 g/mol. The molecule has 0 aromatic heterocycles. The highest BCUT2D eigenvalue weighted by molar-refractivity contribution is 7.47. The number of hydrogen-bond donors (Lipinski definition) is 2. The van der Waals surface area contributed by atoms with Gasteiger partial charge in [0.2, 0.25) is 0 Å². The average Bonchev–Trinajstić information content (AvgIpc) is 3.00. The molecule has 0 spiro atoms. The summed E-state index contributed by atoms with van der Waals surface area (Å²) in [5.41, 5.74) is 3.56. The van der Waals surface area contributed by atoms with E-state index in [0.29, 0.717) is 13.0 Å². The minimum absolute atomic E-state index is 0.0407. The second-order valence-corrected chi connectivity index (χ2v) is 13.3. The summed E-state index contributed by atoms with van der Waals surface area (Å²) in [6.45, 7) is 7.38. The second kappa shape index (κ2) is 32.0. The largest absolute Gasteiger partial charge is 0.472 e.